The minimum atomic E-state index is -0.795. The molecule has 1 heterocycles. The minimum Gasteiger partial charge on any atom is -0.481 e. The average molecular weight is 284 g/mol. The van der Waals surface area contributed by atoms with Crippen LogP contribution >= 0.6 is 0 Å². The number of amides is 2. The highest BCUT2D eigenvalue weighted by Gasteiger charge is 2.39. The summed E-state index contributed by atoms with van der Waals surface area (Å²) in [6.07, 6.45) is 6.33. The van der Waals surface area contributed by atoms with Crippen LogP contribution in [0.2, 0.25) is 0 Å². The first kappa shape index (κ1) is 15.1. The van der Waals surface area contributed by atoms with Gasteiger partial charge in [0.2, 0.25) is 0 Å². The van der Waals surface area contributed by atoms with Crippen LogP contribution in [0.4, 0.5) is 4.79 Å². The molecule has 3 N–H and O–H groups in total. The number of nitrogens with one attached hydrogen (secondary N) is 2. The lowest BCUT2D eigenvalue weighted by Crippen LogP contribution is -2.48. The molecular formula is C14H24N2O4. The largest absolute Gasteiger partial charge is 0.481 e. The molecule has 1 aliphatic carbocycles. The fraction of sp³-hybridized carbons (Fsp3) is 0.857. The normalized spacial score (nSPS) is 25.1. The summed E-state index contributed by atoms with van der Waals surface area (Å²) in [7, 11) is 0. The number of aliphatic carboxylic acids is 1. The molecule has 0 radical (unpaired) electrons. The molecule has 0 aromatic heterocycles. The Morgan fingerprint density at radius 1 is 1.15 bits per heavy atom. The van der Waals surface area contributed by atoms with Gasteiger partial charge in [0, 0.05) is 19.7 Å². The molecular weight excluding hydrogens is 260 g/mol. The van der Waals surface area contributed by atoms with E-state index in [0.717, 1.165) is 38.7 Å². The lowest BCUT2D eigenvalue weighted by molar-refractivity contribution is -0.150. The Hall–Kier alpha value is -1.30. The quantitative estimate of drug-likeness (QED) is 0.714. The van der Waals surface area contributed by atoms with E-state index >= 15 is 0 Å². The number of carbonyl (C=O) groups is 2. The van der Waals surface area contributed by atoms with Gasteiger partial charge in [-0.1, -0.05) is 19.3 Å². The topological polar surface area (TPSA) is 87.7 Å². The Kier molecular flexibility index (Phi) is 5.23. The maximum Gasteiger partial charge on any atom is 0.314 e. The van der Waals surface area contributed by atoms with Crippen LogP contribution < -0.4 is 10.6 Å². The van der Waals surface area contributed by atoms with Gasteiger partial charge in [0.05, 0.1) is 11.5 Å². The smallest absolute Gasteiger partial charge is 0.314 e. The van der Waals surface area contributed by atoms with Crippen molar-refractivity contribution < 1.29 is 19.4 Å². The second kappa shape index (κ2) is 6.92. The second-order valence-electron chi connectivity index (χ2n) is 5.84. The molecule has 6 heteroatoms. The monoisotopic (exact) mass is 284 g/mol. The molecule has 0 aromatic carbocycles. The number of carbonyl (C=O) groups excluding carboxylic acids is 1. The number of urea groups is 1. The zero-order valence-electron chi connectivity index (χ0n) is 11.8. The van der Waals surface area contributed by atoms with Gasteiger partial charge in [-0.15, -0.1) is 0 Å². The van der Waals surface area contributed by atoms with Crippen LogP contribution in [0.5, 0.6) is 0 Å². The van der Waals surface area contributed by atoms with E-state index in [1.807, 2.05) is 0 Å². The van der Waals surface area contributed by atoms with Crippen molar-refractivity contribution in [2.75, 3.05) is 19.7 Å². The van der Waals surface area contributed by atoms with E-state index in [1.165, 1.54) is 0 Å². The van der Waals surface area contributed by atoms with Crippen molar-refractivity contribution in [1.29, 1.82) is 0 Å². The summed E-state index contributed by atoms with van der Waals surface area (Å²) in [5, 5.41) is 14.9. The van der Waals surface area contributed by atoms with Crippen molar-refractivity contribution in [2.45, 2.75) is 51.0 Å². The van der Waals surface area contributed by atoms with Gasteiger partial charge in [0.25, 0.3) is 0 Å². The highest BCUT2D eigenvalue weighted by Crippen LogP contribution is 2.35. The van der Waals surface area contributed by atoms with Crippen LogP contribution in [0.1, 0.15) is 44.9 Å². The molecule has 6 nitrogen and oxygen atoms in total. The summed E-state index contributed by atoms with van der Waals surface area (Å²) >= 11 is 0. The lowest BCUT2D eigenvalue weighted by Gasteiger charge is -2.33. The molecule has 2 aliphatic rings. The van der Waals surface area contributed by atoms with Gasteiger partial charge in [-0.3, -0.25) is 4.79 Å². The average Bonchev–Trinajstić information content (AvgIpc) is 2.97. The summed E-state index contributed by atoms with van der Waals surface area (Å²) in [5.74, 6) is -0.795. The standard InChI is InChI=1S/C14H24N2O4/c17-12(18)14(6-2-1-3-7-14)10-16-13(19)15-9-11-5-4-8-20-11/h11H,1-10H2,(H,17,18)(H2,15,16,19). The Labute approximate surface area is 119 Å². The van der Waals surface area contributed by atoms with Crippen molar-refractivity contribution in [1.82, 2.24) is 10.6 Å². The maximum absolute atomic E-state index is 11.7. The number of hydrogen-bond acceptors (Lipinski definition) is 3. The second-order valence-corrected chi connectivity index (χ2v) is 5.84. The van der Waals surface area contributed by atoms with Crippen molar-refractivity contribution in [3.05, 3.63) is 0 Å². The van der Waals surface area contributed by atoms with Gasteiger partial charge in [0.15, 0.2) is 0 Å². The number of carboxylic acid groups (broad SMARTS) is 1. The van der Waals surface area contributed by atoms with Crippen molar-refractivity contribution >= 4 is 12.0 Å². The van der Waals surface area contributed by atoms with Gasteiger partial charge in [-0.2, -0.15) is 0 Å². The molecule has 114 valence electrons. The minimum absolute atomic E-state index is 0.101. The zero-order chi connectivity index (χ0) is 14.4. The lowest BCUT2D eigenvalue weighted by atomic mass is 9.74. The van der Waals surface area contributed by atoms with Crippen LogP contribution in [-0.2, 0) is 9.53 Å². The molecule has 0 spiro atoms. The van der Waals surface area contributed by atoms with Crippen molar-refractivity contribution in [3.63, 3.8) is 0 Å². The summed E-state index contributed by atoms with van der Waals surface area (Å²) in [6, 6.07) is -0.299. The Morgan fingerprint density at radius 3 is 2.50 bits per heavy atom. The predicted molar refractivity (Wildman–Crippen MR) is 73.5 cm³/mol. The summed E-state index contributed by atoms with van der Waals surface area (Å²) in [5.41, 5.74) is -0.778. The first-order valence-corrected chi connectivity index (χ1v) is 7.49. The SMILES string of the molecule is O=C(NCC1CCCO1)NCC1(C(=O)O)CCCCC1. The highest BCUT2D eigenvalue weighted by molar-refractivity contribution is 5.78. The van der Waals surface area contributed by atoms with Crippen molar-refractivity contribution in [3.8, 4) is 0 Å². The molecule has 2 fully saturated rings. The number of hydrogen-bond donors (Lipinski definition) is 3. The fourth-order valence-corrected chi connectivity index (χ4v) is 3.02. The Morgan fingerprint density at radius 2 is 1.90 bits per heavy atom. The molecule has 0 bridgehead atoms. The third kappa shape index (κ3) is 3.85. The molecule has 0 aromatic rings. The van der Waals surface area contributed by atoms with E-state index in [4.69, 9.17) is 4.74 Å². The van der Waals surface area contributed by atoms with Gasteiger partial charge >= 0.3 is 12.0 Å². The van der Waals surface area contributed by atoms with Crippen LogP contribution in [0.15, 0.2) is 0 Å². The predicted octanol–water partition coefficient (Wildman–Crippen LogP) is 1.50. The molecule has 1 aliphatic heterocycles. The zero-order valence-corrected chi connectivity index (χ0v) is 11.8. The van der Waals surface area contributed by atoms with Crippen molar-refractivity contribution in [2.24, 2.45) is 5.41 Å². The van der Waals surface area contributed by atoms with Gasteiger partial charge in [-0.05, 0) is 25.7 Å². The third-order valence-electron chi connectivity index (χ3n) is 4.37. The van der Waals surface area contributed by atoms with E-state index in [1.54, 1.807) is 0 Å². The summed E-state index contributed by atoms with van der Waals surface area (Å²) in [6.45, 7) is 1.46. The maximum atomic E-state index is 11.7. The first-order chi connectivity index (χ1) is 9.62. The van der Waals surface area contributed by atoms with E-state index in [2.05, 4.69) is 10.6 Å². The number of rotatable bonds is 5. The first-order valence-electron chi connectivity index (χ1n) is 7.49. The van der Waals surface area contributed by atoms with Gasteiger partial charge < -0.3 is 20.5 Å². The molecule has 2 amide bonds. The molecule has 1 unspecified atom stereocenters. The summed E-state index contributed by atoms with van der Waals surface area (Å²) < 4.78 is 5.42. The molecule has 1 saturated heterocycles. The van der Waals surface area contributed by atoms with Crippen LogP contribution in [-0.4, -0.2) is 42.9 Å². The van der Waals surface area contributed by atoms with E-state index in [-0.39, 0.29) is 18.7 Å². The molecule has 20 heavy (non-hydrogen) atoms. The number of ether oxygens (including phenoxy) is 1. The van der Waals surface area contributed by atoms with E-state index < -0.39 is 11.4 Å². The molecule has 1 atom stereocenters. The number of carboxylic acids is 1. The highest BCUT2D eigenvalue weighted by atomic mass is 16.5. The van der Waals surface area contributed by atoms with E-state index in [0.29, 0.717) is 19.4 Å². The van der Waals surface area contributed by atoms with E-state index in [9.17, 15) is 14.7 Å². The van der Waals surface area contributed by atoms with Crippen LogP contribution in [0, 0.1) is 5.41 Å². The molecule has 2 rings (SSSR count). The summed E-state index contributed by atoms with van der Waals surface area (Å²) in [4.78, 5) is 23.2. The van der Waals surface area contributed by atoms with Crippen LogP contribution in [0.3, 0.4) is 0 Å². The molecule has 1 saturated carbocycles. The van der Waals surface area contributed by atoms with Gasteiger partial charge in [-0.25, -0.2) is 4.79 Å². The Bertz CT molecular complexity index is 347. The Balaban J connectivity index is 1.74. The van der Waals surface area contributed by atoms with Crippen LogP contribution in [0.25, 0.3) is 0 Å². The fourth-order valence-electron chi connectivity index (χ4n) is 3.02. The van der Waals surface area contributed by atoms with Gasteiger partial charge in [0.1, 0.15) is 0 Å². The third-order valence-corrected chi connectivity index (χ3v) is 4.37.